The van der Waals surface area contributed by atoms with Gasteiger partial charge >= 0.3 is 0 Å². The Morgan fingerprint density at radius 3 is 2.65 bits per heavy atom. The molecule has 0 saturated carbocycles. The van der Waals surface area contributed by atoms with Gasteiger partial charge in [0.15, 0.2) is 0 Å². The van der Waals surface area contributed by atoms with Crippen molar-refractivity contribution in [3.8, 4) is 0 Å². The number of sulfonamides is 1. The highest BCUT2D eigenvalue weighted by atomic mass is 35.5. The van der Waals surface area contributed by atoms with Crippen molar-refractivity contribution in [3.63, 3.8) is 0 Å². The van der Waals surface area contributed by atoms with E-state index in [4.69, 9.17) is 11.6 Å². The molecule has 1 atom stereocenters. The quantitative estimate of drug-likeness (QED) is 0.569. The number of carbonyl (C=O) groups is 1. The molecule has 1 aliphatic rings. The molecule has 2 aromatic rings. The maximum absolute atomic E-state index is 13.8. The van der Waals surface area contributed by atoms with Crippen LogP contribution < -0.4 is 5.32 Å². The Morgan fingerprint density at radius 1 is 1.19 bits per heavy atom. The molecular formula is C21H23ClF2N2O3S2. The molecule has 0 aliphatic carbocycles. The molecule has 0 bridgehead atoms. The first-order chi connectivity index (χ1) is 14.8. The van der Waals surface area contributed by atoms with E-state index in [1.54, 1.807) is 12.1 Å². The second-order valence-electron chi connectivity index (χ2n) is 7.20. The summed E-state index contributed by atoms with van der Waals surface area (Å²) in [6.45, 7) is 0.795. The van der Waals surface area contributed by atoms with E-state index >= 15 is 0 Å². The van der Waals surface area contributed by atoms with Crippen molar-refractivity contribution in [1.29, 1.82) is 0 Å². The minimum absolute atomic E-state index is 0.0122. The van der Waals surface area contributed by atoms with Crippen LogP contribution in [0.15, 0.2) is 47.4 Å². The Balaban J connectivity index is 1.48. The number of nitrogens with one attached hydrogen (secondary N) is 1. The SMILES string of the molecule is O=C(NCCSCc1c(F)cccc1Cl)[C@@H]1CCCN(S(=O)(=O)c2ccc(F)cc2)C1. The van der Waals surface area contributed by atoms with Crippen LogP contribution in [-0.4, -0.2) is 44.0 Å². The number of nitrogens with zero attached hydrogens (tertiary/aromatic N) is 1. The molecule has 0 unspecified atom stereocenters. The highest BCUT2D eigenvalue weighted by Crippen LogP contribution is 2.25. The number of benzene rings is 2. The summed E-state index contributed by atoms with van der Waals surface area (Å²) in [5.74, 6) is -0.549. The molecule has 1 heterocycles. The van der Waals surface area contributed by atoms with Gasteiger partial charge in [0.05, 0.1) is 10.8 Å². The first-order valence-corrected chi connectivity index (χ1v) is 12.8. The third-order valence-electron chi connectivity index (χ3n) is 5.06. The van der Waals surface area contributed by atoms with Gasteiger partial charge in [-0.1, -0.05) is 17.7 Å². The van der Waals surface area contributed by atoms with Crippen molar-refractivity contribution in [2.45, 2.75) is 23.5 Å². The number of carbonyl (C=O) groups excluding carboxylic acids is 1. The predicted molar refractivity (Wildman–Crippen MR) is 118 cm³/mol. The molecule has 168 valence electrons. The molecule has 5 nitrogen and oxygen atoms in total. The van der Waals surface area contributed by atoms with Crippen LogP contribution in [0.5, 0.6) is 0 Å². The Morgan fingerprint density at radius 2 is 1.94 bits per heavy atom. The molecule has 1 aliphatic heterocycles. The van der Waals surface area contributed by atoms with Crippen molar-refractivity contribution in [3.05, 3.63) is 64.7 Å². The van der Waals surface area contributed by atoms with Gasteiger partial charge in [-0.15, -0.1) is 0 Å². The fraction of sp³-hybridized carbons (Fsp3) is 0.381. The lowest BCUT2D eigenvalue weighted by molar-refractivity contribution is -0.125. The standard InChI is InChI=1S/C21H23ClF2N2O3S2/c22-19-4-1-5-20(24)18(19)14-30-12-10-25-21(27)15-3-2-11-26(13-15)31(28,29)17-8-6-16(23)7-9-17/h1,4-9,15H,2-3,10-14H2,(H,25,27)/t15-/m1/s1. The zero-order chi connectivity index (χ0) is 22.4. The van der Waals surface area contributed by atoms with Gasteiger partial charge in [-0.25, -0.2) is 17.2 Å². The van der Waals surface area contributed by atoms with Crippen LogP contribution in [0.1, 0.15) is 18.4 Å². The van der Waals surface area contributed by atoms with E-state index in [1.165, 1.54) is 34.3 Å². The monoisotopic (exact) mass is 488 g/mol. The molecule has 3 rings (SSSR count). The number of rotatable bonds is 8. The molecule has 0 spiro atoms. The van der Waals surface area contributed by atoms with E-state index in [1.807, 2.05) is 0 Å². The second-order valence-corrected chi connectivity index (χ2v) is 10.7. The number of amides is 1. The molecular weight excluding hydrogens is 466 g/mol. The van der Waals surface area contributed by atoms with Gasteiger partial charge in [0.25, 0.3) is 0 Å². The predicted octanol–water partition coefficient (Wildman–Crippen LogP) is 4.07. The first-order valence-electron chi connectivity index (χ1n) is 9.83. The number of halogens is 3. The minimum Gasteiger partial charge on any atom is -0.355 e. The van der Waals surface area contributed by atoms with E-state index in [0.717, 1.165) is 12.1 Å². The number of piperidine rings is 1. The van der Waals surface area contributed by atoms with Crippen LogP contribution in [0, 0.1) is 17.6 Å². The summed E-state index contributed by atoms with van der Waals surface area (Å²) >= 11 is 7.45. The van der Waals surface area contributed by atoms with E-state index in [-0.39, 0.29) is 23.2 Å². The lowest BCUT2D eigenvalue weighted by Gasteiger charge is -2.31. The van der Waals surface area contributed by atoms with Crippen LogP contribution in [-0.2, 0) is 20.6 Å². The van der Waals surface area contributed by atoms with Gasteiger partial charge in [0, 0.05) is 41.7 Å². The Bertz CT molecular complexity index is 1000. The summed E-state index contributed by atoms with van der Waals surface area (Å²) in [5, 5.41) is 3.21. The normalized spacial score (nSPS) is 17.5. The van der Waals surface area contributed by atoms with E-state index in [2.05, 4.69) is 5.32 Å². The molecule has 2 aromatic carbocycles. The van der Waals surface area contributed by atoms with Crippen molar-refractivity contribution >= 4 is 39.3 Å². The van der Waals surface area contributed by atoms with E-state index in [0.29, 0.717) is 48.0 Å². The minimum atomic E-state index is -3.78. The average Bonchev–Trinajstić information content (AvgIpc) is 2.75. The largest absolute Gasteiger partial charge is 0.355 e. The number of hydrogen-bond donors (Lipinski definition) is 1. The molecule has 1 amide bonds. The highest BCUT2D eigenvalue weighted by Gasteiger charge is 2.33. The fourth-order valence-corrected chi connectivity index (χ4v) is 6.09. The van der Waals surface area contributed by atoms with Gasteiger partial charge in [0.2, 0.25) is 15.9 Å². The zero-order valence-electron chi connectivity index (χ0n) is 16.7. The van der Waals surface area contributed by atoms with Crippen LogP contribution in [0.2, 0.25) is 5.02 Å². The molecule has 1 N–H and O–H groups in total. The highest BCUT2D eigenvalue weighted by molar-refractivity contribution is 7.98. The van der Waals surface area contributed by atoms with Crippen LogP contribution in [0.3, 0.4) is 0 Å². The summed E-state index contributed by atoms with van der Waals surface area (Å²) in [6, 6.07) is 9.21. The molecule has 0 radical (unpaired) electrons. The Labute approximate surface area is 190 Å². The van der Waals surface area contributed by atoms with Crippen molar-refractivity contribution in [2.24, 2.45) is 5.92 Å². The lowest BCUT2D eigenvalue weighted by atomic mass is 9.99. The molecule has 1 fully saturated rings. The van der Waals surface area contributed by atoms with Crippen molar-refractivity contribution < 1.29 is 22.0 Å². The van der Waals surface area contributed by atoms with Gasteiger partial charge in [0.1, 0.15) is 11.6 Å². The second kappa shape index (κ2) is 10.8. The van der Waals surface area contributed by atoms with Crippen molar-refractivity contribution in [2.75, 3.05) is 25.4 Å². The third-order valence-corrected chi connectivity index (χ3v) is 8.28. The average molecular weight is 489 g/mol. The third kappa shape index (κ3) is 6.19. The van der Waals surface area contributed by atoms with Crippen molar-refractivity contribution in [1.82, 2.24) is 9.62 Å². The summed E-state index contributed by atoms with van der Waals surface area (Å²) in [6.07, 6.45) is 1.16. The van der Waals surface area contributed by atoms with Crippen LogP contribution in [0.4, 0.5) is 8.78 Å². The molecule has 0 aromatic heterocycles. The number of hydrogen-bond acceptors (Lipinski definition) is 4. The van der Waals surface area contributed by atoms with Crippen LogP contribution in [0.25, 0.3) is 0 Å². The van der Waals surface area contributed by atoms with Gasteiger partial charge in [-0.05, 0) is 49.2 Å². The van der Waals surface area contributed by atoms with Gasteiger partial charge in [-0.3, -0.25) is 4.79 Å². The number of thioether (sulfide) groups is 1. The Kier molecular flexibility index (Phi) is 8.32. The van der Waals surface area contributed by atoms with Crippen LogP contribution >= 0.6 is 23.4 Å². The molecule has 10 heteroatoms. The molecule has 31 heavy (non-hydrogen) atoms. The maximum atomic E-state index is 13.8. The smallest absolute Gasteiger partial charge is 0.243 e. The summed E-state index contributed by atoms with van der Waals surface area (Å²) in [4.78, 5) is 12.5. The summed E-state index contributed by atoms with van der Waals surface area (Å²) in [5.41, 5.74) is 0.439. The first kappa shape index (κ1) is 24.0. The van der Waals surface area contributed by atoms with E-state index in [9.17, 15) is 22.0 Å². The van der Waals surface area contributed by atoms with Gasteiger partial charge in [-0.2, -0.15) is 16.1 Å². The summed E-state index contributed by atoms with van der Waals surface area (Å²) in [7, 11) is -3.78. The maximum Gasteiger partial charge on any atom is 0.243 e. The van der Waals surface area contributed by atoms with E-state index < -0.39 is 21.8 Å². The molecule has 1 saturated heterocycles. The fourth-order valence-electron chi connectivity index (χ4n) is 3.37. The Hall–Kier alpha value is -1.68. The van der Waals surface area contributed by atoms with Gasteiger partial charge < -0.3 is 5.32 Å². The lowest BCUT2D eigenvalue weighted by Crippen LogP contribution is -2.45. The zero-order valence-corrected chi connectivity index (χ0v) is 19.1. The topological polar surface area (TPSA) is 66.5 Å². The summed E-state index contributed by atoms with van der Waals surface area (Å²) < 4.78 is 53.7.